The van der Waals surface area contributed by atoms with E-state index in [-0.39, 0.29) is 12.4 Å². The Labute approximate surface area is 90.2 Å². The zero-order chi connectivity index (χ0) is 11.5. The summed E-state index contributed by atoms with van der Waals surface area (Å²) in [5.41, 5.74) is 6.50. The predicted molar refractivity (Wildman–Crippen MR) is 59.2 cm³/mol. The maximum Gasteiger partial charge on any atom is 0.310 e. The van der Waals surface area contributed by atoms with Gasteiger partial charge in [0, 0.05) is 5.69 Å². The van der Waals surface area contributed by atoms with Crippen LogP contribution in [-0.4, -0.2) is 11.6 Å². The molecule has 0 bridgehead atoms. The molecule has 0 atom stereocenters. The first kappa shape index (κ1) is 11.6. The third kappa shape index (κ3) is 4.02. The van der Waals surface area contributed by atoms with Crippen LogP contribution in [0.4, 0.5) is 5.69 Å². The van der Waals surface area contributed by atoms with Crippen LogP contribution in [0, 0.1) is 6.07 Å². The van der Waals surface area contributed by atoms with Gasteiger partial charge in [0.15, 0.2) is 0 Å². The highest BCUT2D eigenvalue weighted by atomic mass is 16.6. The number of benzene rings is 1. The molecule has 0 heterocycles. The molecule has 1 aromatic rings. The van der Waals surface area contributed by atoms with Crippen LogP contribution in [-0.2, 0) is 16.0 Å². The molecular weight excluding hydrogens is 190 g/mol. The number of rotatable bonds is 2. The molecule has 3 nitrogen and oxygen atoms in total. The van der Waals surface area contributed by atoms with Gasteiger partial charge in [0.2, 0.25) is 0 Å². The topological polar surface area (TPSA) is 52.3 Å². The second kappa shape index (κ2) is 4.34. The molecule has 0 aliphatic carbocycles. The van der Waals surface area contributed by atoms with Crippen molar-refractivity contribution in [3.63, 3.8) is 0 Å². The average molecular weight is 206 g/mol. The highest BCUT2D eigenvalue weighted by Crippen LogP contribution is 2.14. The van der Waals surface area contributed by atoms with Crippen molar-refractivity contribution in [3.05, 3.63) is 29.8 Å². The quantitative estimate of drug-likeness (QED) is 0.594. The SMILES string of the molecule is CC(C)(C)OC(=O)Cc1[c]cccc1N. The first-order chi connectivity index (χ1) is 6.88. The fourth-order valence-electron chi connectivity index (χ4n) is 1.16. The number of nitrogens with two attached hydrogens (primary N) is 1. The molecule has 0 amide bonds. The Morgan fingerprint density at radius 3 is 2.73 bits per heavy atom. The van der Waals surface area contributed by atoms with Crippen molar-refractivity contribution >= 4 is 11.7 Å². The number of esters is 1. The second-order valence-electron chi connectivity index (χ2n) is 4.37. The lowest BCUT2D eigenvalue weighted by molar-refractivity contribution is -0.153. The monoisotopic (exact) mass is 206 g/mol. The average Bonchev–Trinajstić information content (AvgIpc) is 2.05. The lowest BCUT2D eigenvalue weighted by Crippen LogP contribution is -2.25. The lowest BCUT2D eigenvalue weighted by Gasteiger charge is -2.19. The van der Waals surface area contributed by atoms with Crippen LogP contribution in [0.15, 0.2) is 18.2 Å². The molecule has 0 saturated heterocycles. The van der Waals surface area contributed by atoms with Gasteiger partial charge in [-0.05, 0) is 38.5 Å². The van der Waals surface area contributed by atoms with E-state index in [2.05, 4.69) is 6.07 Å². The molecule has 0 fully saturated rings. The standard InChI is InChI=1S/C12H16NO2/c1-12(2,3)15-11(14)8-9-6-4-5-7-10(9)13/h4-5,7H,8,13H2,1-3H3. The van der Waals surface area contributed by atoms with Crippen LogP contribution in [0.5, 0.6) is 0 Å². The van der Waals surface area contributed by atoms with Crippen LogP contribution < -0.4 is 5.73 Å². The van der Waals surface area contributed by atoms with Crippen LogP contribution in [0.3, 0.4) is 0 Å². The number of carbonyl (C=O) groups is 1. The van der Waals surface area contributed by atoms with E-state index in [1.165, 1.54) is 0 Å². The Hall–Kier alpha value is -1.51. The number of carbonyl (C=O) groups excluding carboxylic acids is 1. The van der Waals surface area contributed by atoms with Crippen LogP contribution in [0.2, 0.25) is 0 Å². The predicted octanol–water partition coefficient (Wildman–Crippen LogP) is 1.95. The van der Waals surface area contributed by atoms with E-state index in [0.29, 0.717) is 11.3 Å². The van der Waals surface area contributed by atoms with Crippen LogP contribution in [0.25, 0.3) is 0 Å². The summed E-state index contributed by atoms with van der Waals surface area (Å²) >= 11 is 0. The molecule has 2 N–H and O–H groups in total. The van der Waals surface area contributed by atoms with Crippen molar-refractivity contribution in [2.75, 3.05) is 5.73 Å². The summed E-state index contributed by atoms with van der Waals surface area (Å²) < 4.78 is 5.18. The molecule has 0 saturated carbocycles. The molecule has 81 valence electrons. The zero-order valence-electron chi connectivity index (χ0n) is 9.33. The van der Waals surface area contributed by atoms with Gasteiger partial charge >= 0.3 is 5.97 Å². The van der Waals surface area contributed by atoms with Gasteiger partial charge in [-0.3, -0.25) is 4.79 Å². The molecule has 1 rings (SSSR count). The molecule has 1 radical (unpaired) electrons. The van der Waals surface area contributed by atoms with Gasteiger partial charge < -0.3 is 10.5 Å². The maximum absolute atomic E-state index is 11.5. The van der Waals surface area contributed by atoms with Gasteiger partial charge in [0.25, 0.3) is 0 Å². The third-order valence-electron chi connectivity index (χ3n) is 1.72. The second-order valence-corrected chi connectivity index (χ2v) is 4.37. The van der Waals surface area contributed by atoms with Gasteiger partial charge in [-0.25, -0.2) is 0 Å². The summed E-state index contributed by atoms with van der Waals surface area (Å²) in [6.45, 7) is 5.51. The minimum atomic E-state index is -0.458. The molecular formula is C12H16NO2. The van der Waals surface area contributed by atoms with Gasteiger partial charge in [-0.2, -0.15) is 0 Å². The highest BCUT2D eigenvalue weighted by Gasteiger charge is 2.17. The Kier molecular flexibility index (Phi) is 3.35. The van der Waals surface area contributed by atoms with Crippen molar-refractivity contribution < 1.29 is 9.53 Å². The van der Waals surface area contributed by atoms with Gasteiger partial charge in [0.05, 0.1) is 6.42 Å². The summed E-state index contributed by atoms with van der Waals surface area (Å²) in [6, 6.07) is 8.19. The van der Waals surface area contributed by atoms with E-state index in [4.69, 9.17) is 10.5 Å². The summed E-state index contributed by atoms with van der Waals surface area (Å²) in [5.74, 6) is -0.281. The van der Waals surface area contributed by atoms with Gasteiger partial charge in [-0.1, -0.05) is 12.1 Å². The van der Waals surface area contributed by atoms with E-state index >= 15 is 0 Å². The molecule has 1 aromatic carbocycles. The molecule has 0 aliphatic rings. The number of ether oxygens (including phenoxy) is 1. The van der Waals surface area contributed by atoms with E-state index in [1.54, 1.807) is 18.2 Å². The summed E-state index contributed by atoms with van der Waals surface area (Å²) in [7, 11) is 0. The zero-order valence-corrected chi connectivity index (χ0v) is 9.33. The van der Waals surface area contributed by atoms with Crippen LogP contribution in [0.1, 0.15) is 26.3 Å². The lowest BCUT2D eigenvalue weighted by atomic mass is 10.1. The molecule has 0 aromatic heterocycles. The Morgan fingerprint density at radius 1 is 1.53 bits per heavy atom. The molecule has 0 spiro atoms. The summed E-state index contributed by atoms with van der Waals surface area (Å²) in [6.07, 6.45) is 0.171. The minimum Gasteiger partial charge on any atom is -0.460 e. The fraction of sp³-hybridized carbons (Fsp3) is 0.417. The van der Waals surface area contributed by atoms with Crippen molar-refractivity contribution in [3.8, 4) is 0 Å². The van der Waals surface area contributed by atoms with E-state index < -0.39 is 5.60 Å². The van der Waals surface area contributed by atoms with Crippen molar-refractivity contribution in [1.29, 1.82) is 0 Å². The van der Waals surface area contributed by atoms with Crippen molar-refractivity contribution in [2.24, 2.45) is 0 Å². The Morgan fingerprint density at radius 2 is 2.20 bits per heavy atom. The Bertz CT molecular complexity index is 353. The van der Waals surface area contributed by atoms with E-state index in [9.17, 15) is 4.79 Å². The molecule has 0 aliphatic heterocycles. The third-order valence-corrected chi connectivity index (χ3v) is 1.72. The number of hydrogen-bond donors (Lipinski definition) is 1. The van der Waals surface area contributed by atoms with Gasteiger partial charge in [0.1, 0.15) is 5.60 Å². The normalized spacial score (nSPS) is 11.1. The minimum absolute atomic E-state index is 0.171. The number of nitrogen functional groups attached to an aromatic ring is 1. The van der Waals surface area contributed by atoms with E-state index in [0.717, 1.165) is 0 Å². The Balaban J connectivity index is 2.64. The van der Waals surface area contributed by atoms with Crippen molar-refractivity contribution in [1.82, 2.24) is 0 Å². The first-order valence-electron chi connectivity index (χ1n) is 4.85. The highest BCUT2D eigenvalue weighted by molar-refractivity contribution is 5.75. The van der Waals surface area contributed by atoms with Crippen LogP contribution >= 0.6 is 0 Å². The molecule has 0 unspecified atom stereocenters. The van der Waals surface area contributed by atoms with Crippen molar-refractivity contribution in [2.45, 2.75) is 32.8 Å². The molecule has 3 heteroatoms. The summed E-state index contributed by atoms with van der Waals surface area (Å²) in [5, 5.41) is 0. The fourth-order valence-corrected chi connectivity index (χ4v) is 1.16. The number of anilines is 1. The first-order valence-corrected chi connectivity index (χ1v) is 4.85. The molecule has 15 heavy (non-hydrogen) atoms. The smallest absolute Gasteiger partial charge is 0.310 e. The van der Waals surface area contributed by atoms with E-state index in [1.807, 2.05) is 20.8 Å². The van der Waals surface area contributed by atoms with Gasteiger partial charge in [-0.15, -0.1) is 0 Å². The largest absolute Gasteiger partial charge is 0.460 e. The summed E-state index contributed by atoms with van der Waals surface area (Å²) in [4.78, 5) is 11.5. The number of hydrogen-bond acceptors (Lipinski definition) is 3. The maximum atomic E-state index is 11.5.